The van der Waals surface area contributed by atoms with Crippen LogP contribution in [0.4, 0.5) is 10.5 Å². The molecule has 1 aromatic heterocycles. The summed E-state index contributed by atoms with van der Waals surface area (Å²) in [7, 11) is 0. The van der Waals surface area contributed by atoms with E-state index in [2.05, 4.69) is 41.4 Å². The van der Waals surface area contributed by atoms with Crippen molar-refractivity contribution in [1.29, 1.82) is 0 Å². The predicted octanol–water partition coefficient (Wildman–Crippen LogP) is 2.87. The van der Waals surface area contributed by atoms with Crippen LogP contribution < -0.4 is 10.2 Å². The first-order valence-electron chi connectivity index (χ1n) is 8.16. The van der Waals surface area contributed by atoms with E-state index in [-0.39, 0.29) is 6.03 Å². The second kappa shape index (κ2) is 7.22. The first-order chi connectivity index (χ1) is 11.3. The van der Waals surface area contributed by atoms with Gasteiger partial charge in [-0.3, -0.25) is 0 Å². The van der Waals surface area contributed by atoms with Gasteiger partial charge in [-0.15, -0.1) is 0 Å². The number of rotatable bonds is 4. The number of hydrogen-bond acceptors (Lipinski definition) is 3. The van der Waals surface area contributed by atoms with Crippen LogP contribution >= 0.6 is 0 Å². The van der Waals surface area contributed by atoms with Gasteiger partial charge in [-0.05, 0) is 30.2 Å². The summed E-state index contributed by atoms with van der Waals surface area (Å²) in [5, 5.41) is 2.91. The number of aryl methyl sites for hydroxylation is 1. The smallest absolute Gasteiger partial charge is 0.317 e. The molecule has 2 amide bonds. The number of nitrogens with zero attached hydrogens (tertiary/aromatic N) is 2. The fourth-order valence-corrected chi connectivity index (χ4v) is 2.96. The second-order valence-corrected chi connectivity index (χ2v) is 5.69. The van der Waals surface area contributed by atoms with Gasteiger partial charge in [0, 0.05) is 31.9 Å². The van der Waals surface area contributed by atoms with Crippen LogP contribution in [-0.2, 0) is 13.0 Å². The van der Waals surface area contributed by atoms with Crippen molar-refractivity contribution in [1.82, 2.24) is 10.2 Å². The minimum atomic E-state index is -0.0233. The van der Waals surface area contributed by atoms with Crippen LogP contribution in [-0.4, -0.2) is 37.1 Å². The summed E-state index contributed by atoms with van der Waals surface area (Å²) in [6, 6.07) is 12.2. The first-order valence-corrected chi connectivity index (χ1v) is 8.16. The lowest BCUT2D eigenvalue weighted by Crippen LogP contribution is -2.51. The van der Waals surface area contributed by atoms with Gasteiger partial charge in [0.15, 0.2) is 0 Å². The maximum Gasteiger partial charge on any atom is 0.317 e. The van der Waals surface area contributed by atoms with Gasteiger partial charge >= 0.3 is 6.03 Å². The summed E-state index contributed by atoms with van der Waals surface area (Å²) in [5.41, 5.74) is 2.66. The van der Waals surface area contributed by atoms with Crippen molar-refractivity contribution in [2.45, 2.75) is 19.9 Å². The third-order valence-electron chi connectivity index (χ3n) is 4.27. The summed E-state index contributed by atoms with van der Waals surface area (Å²) in [5.74, 6) is 0.772. The average Bonchev–Trinajstić information content (AvgIpc) is 3.13. The summed E-state index contributed by atoms with van der Waals surface area (Å²) >= 11 is 0. The zero-order chi connectivity index (χ0) is 16.1. The normalized spacial score (nSPS) is 14.8. The Morgan fingerprint density at radius 1 is 1.13 bits per heavy atom. The van der Waals surface area contributed by atoms with Gasteiger partial charge in [0.1, 0.15) is 5.76 Å². The van der Waals surface area contributed by atoms with Crippen LogP contribution in [0.2, 0.25) is 0 Å². The zero-order valence-electron chi connectivity index (χ0n) is 13.5. The van der Waals surface area contributed by atoms with Crippen molar-refractivity contribution in [3.63, 3.8) is 0 Å². The van der Waals surface area contributed by atoms with Gasteiger partial charge in [-0.1, -0.05) is 25.1 Å². The lowest BCUT2D eigenvalue weighted by atomic mass is 10.1. The lowest BCUT2D eigenvalue weighted by Gasteiger charge is -2.36. The van der Waals surface area contributed by atoms with E-state index in [1.807, 2.05) is 17.0 Å². The number of amides is 2. The van der Waals surface area contributed by atoms with Crippen LogP contribution in [0.1, 0.15) is 18.2 Å². The molecule has 2 aromatic rings. The maximum atomic E-state index is 12.2. The number of anilines is 1. The van der Waals surface area contributed by atoms with E-state index in [4.69, 9.17) is 4.42 Å². The molecule has 1 saturated heterocycles. The maximum absolute atomic E-state index is 12.2. The minimum absolute atomic E-state index is 0.0233. The van der Waals surface area contributed by atoms with Crippen LogP contribution in [0.3, 0.4) is 0 Å². The Morgan fingerprint density at radius 2 is 1.91 bits per heavy atom. The van der Waals surface area contributed by atoms with Crippen LogP contribution in [0.15, 0.2) is 47.1 Å². The Morgan fingerprint density at radius 3 is 2.61 bits per heavy atom. The number of furan rings is 1. The number of carbonyl (C=O) groups is 1. The Kier molecular flexibility index (Phi) is 4.86. The Hall–Kier alpha value is -2.43. The van der Waals surface area contributed by atoms with E-state index in [1.165, 1.54) is 11.3 Å². The highest BCUT2D eigenvalue weighted by atomic mass is 16.3. The minimum Gasteiger partial charge on any atom is -0.467 e. The number of nitrogens with one attached hydrogen (secondary N) is 1. The van der Waals surface area contributed by atoms with E-state index in [0.717, 1.165) is 38.4 Å². The van der Waals surface area contributed by atoms with Crippen LogP contribution in [0, 0.1) is 0 Å². The number of hydrogen-bond donors (Lipinski definition) is 1. The lowest BCUT2D eigenvalue weighted by molar-refractivity contribution is 0.193. The molecular formula is C18H23N3O2. The van der Waals surface area contributed by atoms with Gasteiger partial charge in [-0.25, -0.2) is 4.79 Å². The molecule has 1 fully saturated rings. The fourth-order valence-electron chi connectivity index (χ4n) is 2.96. The second-order valence-electron chi connectivity index (χ2n) is 5.69. The monoisotopic (exact) mass is 313 g/mol. The zero-order valence-corrected chi connectivity index (χ0v) is 13.5. The molecule has 1 aromatic carbocycles. The highest BCUT2D eigenvalue weighted by molar-refractivity contribution is 5.74. The number of urea groups is 1. The van der Waals surface area contributed by atoms with Gasteiger partial charge < -0.3 is 19.5 Å². The van der Waals surface area contributed by atoms with Gasteiger partial charge in [-0.2, -0.15) is 0 Å². The van der Waals surface area contributed by atoms with Gasteiger partial charge in [0.05, 0.1) is 12.8 Å². The molecule has 0 spiro atoms. The molecule has 1 N–H and O–H groups in total. The molecular weight excluding hydrogens is 290 g/mol. The van der Waals surface area contributed by atoms with Crippen LogP contribution in [0.25, 0.3) is 0 Å². The Bertz CT molecular complexity index is 631. The number of piperazine rings is 1. The van der Waals surface area contributed by atoms with E-state index in [0.29, 0.717) is 6.54 Å². The third kappa shape index (κ3) is 3.67. The fraction of sp³-hybridized carbons (Fsp3) is 0.389. The molecule has 0 saturated carbocycles. The molecule has 2 heterocycles. The average molecular weight is 313 g/mol. The third-order valence-corrected chi connectivity index (χ3v) is 4.27. The molecule has 0 atom stereocenters. The first kappa shape index (κ1) is 15.5. The summed E-state index contributed by atoms with van der Waals surface area (Å²) < 4.78 is 5.23. The number of benzene rings is 1. The molecule has 1 aliphatic heterocycles. The number of para-hydroxylation sites is 1. The SMILES string of the molecule is CCc1ccccc1N1CCN(C(=O)NCc2ccco2)CC1. The molecule has 0 bridgehead atoms. The quantitative estimate of drug-likeness (QED) is 0.944. The topological polar surface area (TPSA) is 48.7 Å². The molecule has 23 heavy (non-hydrogen) atoms. The van der Waals surface area contributed by atoms with E-state index >= 15 is 0 Å². The highest BCUT2D eigenvalue weighted by Gasteiger charge is 2.22. The Balaban J connectivity index is 1.52. The Labute approximate surface area is 136 Å². The van der Waals surface area contributed by atoms with E-state index < -0.39 is 0 Å². The largest absolute Gasteiger partial charge is 0.467 e. The molecule has 0 unspecified atom stereocenters. The molecule has 0 aliphatic carbocycles. The van der Waals surface area contributed by atoms with Crippen molar-refractivity contribution in [2.24, 2.45) is 0 Å². The molecule has 122 valence electrons. The molecule has 1 aliphatic rings. The van der Waals surface area contributed by atoms with Gasteiger partial charge in [0.25, 0.3) is 0 Å². The number of carbonyl (C=O) groups excluding carboxylic acids is 1. The van der Waals surface area contributed by atoms with E-state index in [9.17, 15) is 4.79 Å². The van der Waals surface area contributed by atoms with Gasteiger partial charge in [0.2, 0.25) is 0 Å². The summed E-state index contributed by atoms with van der Waals surface area (Å²) in [6.45, 7) is 5.82. The molecule has 5 heteroatoms. The van der Waals surface area contributed by atoms with Crippen molar-refractivity contribution in [3.05, 3.63) is 54.0 Å². The highest BCUT2D eigenvalue weighted by Crippen LogP contribution is 2.22. The van der Waals surface area contributed by atoms with Crippen molar-refractivity contribution in [3.8, 4) is 0 Å². The molecule has 5 nitrogen and oxygen atoms in total. The molecule has 3 rings (SSSR count). The standard InChI is InChI=1S/C18H23N3O2/c1-2-15-6-3-4-8-17(15)20-9-11-21(12-10-20)18(22)19-14-16-7-5-13-23-16/h3-8,13H,2,9-12,14H2,1H3,(H,19,22). The summed E-state index contributed by atoms with van der Waals surface area (Å²) in [4.78, 5) is 16.5. The van der Waals surface area contributed by atoms with E-state index in [1.54, 1.807) is 6.26 Å². The van der Waals surface area contributed by atoms with Crippen molar-refractivity contribution >= 4 is 11.7 Å². The van der Waals surface area contributed by atoms with Crippen LogP contribution in [0.5, 0.6) is 0 Å². The van der Waals surface area contributed by atoms with Crippen molar-refractivity contribution < 1.29 is 9.21 Å². The molecule has 0 radical (unpaired) electrons. The predicted molar refractivity (Wildman–Crippen MR) is 90.5 cm³/mol. The van der Waals surface area contributed by atoms with Crippen molar-refractivity contribution in [2.75, 3.05) is 31.1 Å². The summed E-state index contributed by atoms with van der Waals surface area (Å²) in [6.07, 6.45) is 2.64.